The van der Waals surface area contributed by atoms with Crippen molar-refractivity contribution in [3.8, 4) is 0 Å². The minimum atomic E-state index is -0.714. The van der Waals surface area contributed by atoms with E-state index in [-0.39, 0.29) is 5.69 Å². The van der Waals surface area contributed by atoms with E-state index < -0.39 is 18.5 Å². The zero-order chi connectivity index (χ0) is 10.4. The fourth-order valence-electron chi connectivity index (χ4n) is 0.637. The van der Waals surface area contributed by atoms with Crippen LogP contribution in [0.2, 0.25) is 0 Å². The molecule has 74 valence electrons. The highest BCUT2D eigenvalue weighted by Gasteiger charge is 2.10. The first kappa shape index (κ1) is 10.5. The molecule has 0 N–H and O–H groups in total. The van der Waals surface area contributed by atoms with Gasteiger partial charge in [0.1, 0.15) is 0 Å². The van der Waals surface area contributed by atoms with Gasteiger partial charge in [0.15, 0.2) is 12.3 Å². The molecule has 1 aromatic heterocycles. The van der Waals surface area contributed by atoms with Gasteiger partial charge in [-0.3, -0.25) is 4.98 Å². The second-order valence-corrected chi connectivity index (χ2v) is 2.39. The largest absolute Gasteiger partial charge is 0.449 e. The van der Waals surface area contributed by atoms with Crippen LogP contribution in [0, 0.1) is 0 Å². The molecule has 1 heterocycles. The van der Waals surface area contributed by atoms with Crippen LogP contribution in [0.3, 0.4) is 0 Å². The standard InChI is InChI=1S/C7H7N2O4P/c10-6(13-14)4-12-7(11)5-3-8-1-2-9-5/h1-3H,4,14H2. The van der Waals surface area contributed by atoms with E-state index in [0.29, 0.717) is 0 Å². The highest BCUT2D eigenvalue weighted by molar-refractivity contribution is 7.10. The quantitative estimate of drug-likeness (QED) is 0.519. The monoisotopic (exact) mass is 214 g/mol. The molecule has 7 heteroatoms. The topological polar surface area (TPSA) is 78.4 Å². The molecule has 0 radical (unpaired) electrons. The Bertz CT molecular complexity index is 330. The Labute approximate surface area is 81.9 Å². The third-order valence-electron chi connectivity index (χ3n) is 1.22. The van der Waals surface area contributed by atoms with E-state index in [4.69, 9.17) is 0 Å². The van der Waals surface area contributed by atoms with Crippen LogP contribution >= 0.6 is 9.47 Å². The SMILES string of the molecule is O=C(COC(=O)c1cnccn1)OP. The minimum absolute atomic E-state index is 0.0454. The van der Waals surface area contributed by atoms with Gasteiger partial charge in [0.25, 0.3) is 0 Å². The van der Waals surface area contributed by atoms with Gasteiger partial charge in [0.05, 0.1) is 15.7 Å². The van der Waals surface area contributed by atoms with Crippen molar-refractivity contribution in [3.63, 3.8) is 0 Å². The molecular formula is C7H7N2O4P. The van der Waals surface area contributed by atoms with Gasteiger partial charge in [-0.05, 0) is 0 Å². The molecule has 1 atom stereocenters. The van der Waals surface area contributed by atoms with E-state index in [2.05, 4.69) is 19.2 Å². The Morgan fingerprint density at radius 2 is 2.21 bits per heavy atom. The number of carbonyl (C=O) groups is 2. The van der Waals surface area contributed by atoms with Crippen LogP contribution < -0.4 is 0 Å². The summed E-state index contributed by atoms with van der Waals surface area (Å²) in [6.07, 6.45) is 4.02. The van der Waals surface area contributed by atoms with Crippen LogP contribution in [0.5, 0.6) is 0 Å². The van der Waals surface area contributed by atoms with E-state index in [9.17, 15) is 9.59 Å². The molecule has 0 aromatic carbocycles. The minimum Gasteiger partial charge on any atom is -0.449 e. The molecule has 6 nitrogen and oxygen atoms in total. The van der Waals surface area contributed by atoms with Crippen molar-refractivity contribution < 1.29 is 18.8 Å². The van der Waals surface area contributed by atoms with Crippen molar-refractivity contribution in [2.24, 2.45) is 0 Å². The highest BCUT2D eigenvalue weighted by atomic mass is 31.0. The molecule has 0 bridgehead atoms. The number of aromatic nitrogens is 2. The Kier molecular flexibility index (Phi) is 3.94. The summed E-state index contributed by atoms with van der Waals surface area (Å²) in [5.74, 6) is -1.37. The number of hydrogen-bond donors (Lipinski definition) is 0. The van der Waals surface area contributed by atoms with Crippen LogP contribution in [0.15, 0.2) is 18.6 Å². The Morgan fingerprint density at radius 3 is 2.79 bits per heavy atom. The molecule has 0 saturated carbocycles. The van der Waals surface area contributed by atoms with Crippen molar-refractivity contribution in [2.45, 2.75) is 0 Å². The predicted octanol–water partition coefficient (Wildman–Crippen LogP) is -0.0333. The van der Waals surface area contributed by atoms with Crippen LogP contribution in [-0.2, 0) is 14.1 Å². The Hall–Kier alpha value is -1.55. The van der Waals surface area contributed by atoms with Gasteiger partial charge < -0.3 is 9.26 Å². The van der Waals surface area contributed by atoms with Crippen molar-refractivity contribution >= 4 is 21.4 Å². The molecule has 0 aliphatic heterocycles. The first-order chi connectivity index (χ1) is 6.74. The summed E-state index contributed by atoms with van der Waals surface area (Å²) in [6.45, 7) is -0.446. The number of esters is 1. The second-order valence-electron chi connectivity index (χ2n) is 2.16. The van der Waals surface area contributed by atoms with Crippen LogP contribution in [0.25, 0.3) is 0 Å². The predicted molar refractivity (Wildman–Crippen MR) is 48.1 cm³/mol. The summed E-state index contributed by atoms with van der Waals surface area (Å²) in [4.78, 5) is 29.1. The fourth-order valence-corrected chi connectivity index (χ4v) is 0.705. The zero-order valence-corrected chi connectivity index (χ0v) is 8.20. The summed E-state index contributed by atoms with van der Waals surface area (Å²) in [5, 5.41) is 0. The number of nitrogens with zero attached hydrogens (tertiary/aromatic N) is 2. The summed E-state index contributed by atoms with van der Waals surface area (Å²) < 4.78 is 8.75. The molecule has 14 heavy (non-hydrogen) atoms. The lowest BCUT2D eigenvalue weighted by molar-refractivity contribution is -0.136. The zero-order valence-electron chi connectivity index (χ0n) is 7.04. The van der Waals surface area contributed by atoms with Crippen molar-refractivity contribution in [1.82, 2.24) is 9.97 Å². The van der Waals surface area contributed by atoms with Crippen molar-refractivity contribution in [3.05, 3.63) is 24.3 Å². The molecule has 0 saturated heterocycles. The maximum absolute atomic E-state index is 11.1. The van der Waals surface area contributed by atoms with Gasteiger partial charge in [-0.15, -0.1) is 0 Å². The maximum Gasteiger partial charge on any atom is 0.359 e. The lowest BCUT2D eigenvalue weighted by atomic mass is 10.4. The summed E-state index contributed by atoms with van der Waals surface area (Å²) in [7, 11) is 1.76. The first-order valence-corrected chi connectivity index (χ1v) is 4.04. The summed E-state index contributed by atoms with van der Waals surface area (Å²) in [6, 6.07) is 0. The van der Waals surface area contributed by atoms with Crippen LogP contribution in [-0.4, -0.2) is 28.5 Å². The van der Waals surface area contributed by atoms with E-state index >= 15 is 0 Å². The average molecular weight is 214 g/mol. The van der Waals surface area contributed by atoms with Crippen LogP contribution in [0.4, 0.5) is 0 Å². The third kappa shape index (κ3) is 3.06. The van der Waals surface area contributed by atoms with E-state index in [1.54, 1.807) is 9.47 Å². The normalized spacial score (nSPS) is 9.21. The number of rotatable bonds is 3. The third-order valence-corrected chi connectivity index (χ3v) is 1.49. The van der Waals surface area contributed by atoms with Gasteiger partial charge >= 0.3 is 11.9 Å². The van der Waals surface area contributed by atoms with Gasteiger partial charge in [-0.25, -0.2) is 14.6 Å². The molecule has 0 spiro atoms. The molecule has 0 aliphatic rings. The Balaban J connectivity index is 2.48. The van der Waals surface area contributed by atoms with Crippen molar-refractivity contribution in [2.75, 3.05) is 6.61 Å². The lowest BCUT2D eigenvalue weighted by Crippen LogP contribution is -2.14. The molecule has 1 rings (SSSR count). The molecular weight excluding hydrogens is 207 g/mol. The van der Waals surface area contributed by atoms with Gasteiger partial charge in [0.2, 0.25) is 0 Å². The molecule has 0 amide bonds. The highest BCUT2D eigenvalue weighted by Crippen LogP contribution is 1.95. The summed E-state index contributed by atoms with van der Waals surface area (Å²) in [5.41, 5.74) is 0.0454. The van der Waals surface area contributed by atoms with E-state index in [1.165, 1.54) is 18.6 Å². The van der Waals surface area contributed by atoms with Gasteiger partial charge in [0, 0.05) is 12.4 Å². The lowest BCUT2D eigenvalue weighted by Gasteiger charge is -2.01. The smallest absolute Gasteiger partial charge is 0.359 e. The Morgan fingerprint density at radius 1 is 1.43 bits per heavy atom. The number of ether oxygens (including phenoxy) is 1. The van der Waals surface area contributed by atoms with Crippen LogP contribution in [0.1, 0.15) is 10.5 Å². The maximum atomic E-state index is 11.1. The van der Waals surface area contributed by atoms with Crippen molar-refractivity contribution in [1.29, 1.82) is 0 Å². The second kappa shape index (κ2) is 5.24. The molecule has 0 aliphatic carbocycles. The molecule has 1 unspecified atom stereocenters. The average Bonchev–Trinajstić information content (AvgIpc) is 2.26. The number of carbonyl (C=O) groups excluding carboxylic acids is 2. The van der Waals surface area contributed by atoms with E-state index in [1.807, 2.05) is 0 Å². The number of hydrogen-bond acceptors (Lipinski definition) is 6. The molecule has 1 aromatic rings. The van der Waals surface area contributed by atoms with Gasteiger partial charge in [-0.2, -0.15) is 0 Å². The van der Waals surface area contributed by atoms with Gasteiger partial charge in [-0.1, -0.05) is 0 Å². The summed E-state index contributed by atoms with van der Waals surface area (Å²) >= 11 is 0. The van der Waals surface area contributed by atoms with E-state index in [0.717, 1.165) is 0 Å². The first-order valence-electron chi connectivity index (χ1n) is 3.56. The molecule has 0 fully saturated rings. The fraction of sp³-hybridized carbons (Fsp3) is 0.143.